The van der Waals surface area contributed by atoms with E-state index in [0.717, 1.165) is 34.4 Å². The highest BCUT2D eigenvalue weighted by Crippen LogP contribution is 2.25. The summed E-state index contributed by atoms with van der Waals surface area (Å²) in [6, 6.07) is 15.6. The summed E-state index contributed by atoms with van der Waals surface area (Å²) in [6.07, 6.45) is 1.03. The highest BCUT2D eigenvalue weighted by atomic mass is 35.5. The number of aromatic hydroxyl groups is 1. The van der Waals surface area contributed by atoms with Gasteiger partial charge < -0.3 is 10.4 Å². The van der Waals surface area contributed by atoms with Crippen LogP contribution in [0.15, 0.2) is 48.5 Å². The standard InChI is InChI=1S/C18H18N2O.ClH/c1-3-13-4-6-14(7-5-13)19-18-10-12(2)16-9-8-15(21)11-17(16)20-18;/h4-11,21H,3H2,1-2H3,(H,19,20);1H. The number of pyridine rings is 1. The molecule has 1 aromatic heterocycles. The summed E-state index contributed by atoms with van der Waals surface area (Å²) in [5.41, 5.74) is 4.25. The van der Waals surface area contributed by atoms with Crippen LogP contribution >= 0.6 is 12.4 Å². The first-order valence-electron chi connectivity index (χ1n) is 7.12. The first kappa shape index (κ1) is 16.1. The number of nitrogens with zero attached hydrogens (tertiary/aromatic N) is 1. The molecule has 1 heterocycles. The lowest BCUT2D eigenvalue weighted by Gasteiger charge is -2.10. The molecule has 0 fully saturated rings. The van der Waals surface area contributed by atoms with Crippen LogP contribution in [0.4, 0.5) is 11.5 Å². The minimum Gasteiger partial charge on any atom is -0.508 e. The molecule has 0 radical (unpaired) electrons. The number of hydrogen-bond acceptors (Lipinski definition) is 3. The largest absolute Gasteiger partial charge is 0.508 e. The van der Waals surface area contributed by atoms with E-state index in [1.165, 1.54) is 5.56 Å². The van der Waals surface area contributed by atoms with Crippen molar-refractivity contribution in [1.82, 2.24) is 4.98 Å². The number of phenolic OH excluding ortho intramolecular Hbond substituents is 1. The van der Waals surface area contributed by atoms with E-state index in [2.05, 4.69) is 41.5 Å². The summed E-state index contributed by atoms with van der Waals surface area (Å²) in [6.45, 7) is 4.19. The van der Waals surface area contributed by atoms with Gasteiger partial charge in [-0.25, -0.2) is 4.98 Å². The Balaban J connectivity index is 0.00000176. The fraction of sp³-hybridized carbons (Fsp3) is 0.167. The third-order valence-corrected chi connectivity index (χ3v) is 3.63. The van der Waals surface area contributed by atoms with Crippen LogP contribution in [0.3, 0.4) is 0 Å². The molecule has 0 unspecified atom stereocenters. The van der Waals surface area contributed by atoms with Crippen molar-refractivity contribution in [2.24, 2.45) is 0 Å². The Morgan fingerprint density at radius 3 is 2.45 bits per heavy atom. The van der Waals surface area contributed by atoms with Gasteiger partial charge in [0.05, 0.1) is 5.52 Å². The number of anilines is 2. The first-order chi connectivity index (χ1) is 10.2. The molecule has 22 heavy (non-hydrogen) atoms. The number of nitrogens with one attached hydrogen (secondary N) is 1. The van der Waals surface area contributed by atoms with Gasteiger partial charge in [-0.1, -0.05) is 19.1 Å². The zero-order valence-electron chi connectivity index (χ0n) is 12.6. The Morgan fingerprint density at radius 2 is 1.77 bits per heavy atom. The molecule has 0 amide bonds. The monoisotopic (exact) mass is 314 g/mol. The van der Waals surface area contributed by atoms with Crippen LogP contribution in [0.25, 0.3) is 10.9 Å². The van der Waals surface area contributed by atoms with Gasteiger partial charge in [-0.05, 0) is 54.8 Å². The molecule has 3 nitrogen and oxygen atoms in total. The molecule has 0 bridgehead atoms. The van der Waals surface area contributed by atoms with Crippen molar-refractivity contribution >= 4 is 34.8 Å². The highest BCUT2D eigenvalue weighted by Gasteiger charge is 2.04. The Bertz CT molecular complexity index is 785. The Morgan fingerprint density at radius 1 is 1.05 bits per heavy atom. The minimum absolute atomic E-state index is 0. The molecule has 2 aromatic carbocycles. The summed E-state index contributed by atoms with van der Waals surface area (Å²) in [4.78, 5) is 4.56. The quantitative estimate of drug-likeness (QED) is 0.717. The van der Waals surface area contributed by atoms with Crippen LogP contribution in [0, 0.1) is 6.92 Å². The van der Waals surface area contributed by atoms with E-state index in [1.807, 2.05) is 19.1 Å². The highest BCUT2D eigenvalue weighted by molar-refractivity contribution is 5.86. The molecule has 0 saturated carbocycles. The lowest BCUT2D eigenvalue weighted by atomic mass is 10.1. The third kappa shape index (κ3) is 3.31. The fourth-order valence-electron chi connectivity index (χ4n) is 2.43. The second-order valence-electron chi connectivity index (χ2n) is 5.20. The molecule has 0 atom stereocenters. The van der Waals surface area contributed by atoms with E-state index >= 15 is 0 Å². The second-order valence-corrected chi connectivity index (χ2v) is 5.20. The summed E-state index contributed by atoms with van der Waals surface area (Å²) in [7, 11) is 0. The van der Waals surface area contributed by atoms with Crippen molar-refractivity contribution in [2.75, 3.05) is 5.32 Å². The SMILES string of the molecule is CCc1ccc(Nc2cc(C)c3ccc(O)cc3n2)cc1.Cl. The average Bonchev–Trinajstić information content (AvgIpc) is 2.47. The molecule has 2 N–H and O–H groups in total. The molecule has 3 aromatic rings. The van der Waals surface area contributed by atoms with Crippen LogP contribution in [0.2, 0.25) is 0 Å². The number of hydrogen-bond donors (Lipinski definition) is 2. The molecule has 114 valence electrons. The molecular formula is C18H19ClN2O. The number of aryl methyl sites for hydroxylation is 2. The summed E-state index contributed by atoms with van der Waals surface area (Å²) < 4.78 is 0. The van der Waals surface area contributed by atoms with E-state index in [4.69, 9.17) is 0 Å². The topological polar surface area (TPSA) is 45.1 Å². The van der Waals surface area contributed by atoms with E-state index in [1.54, 1.807) is 12.1 Å². The average molecular weight is 315 g/mol. The molecule has 0 spiro atoms. The van der Waals surface area contributed by atoms with Gasteiger partial charge in [0, 0.05) is 17.1 Å². The second kappa shape index (κ2) is 6.67. The van der Waals surface area contributed by atoms with E-state index in [-0.39, 0.29) is 18.2 Å². The predicted octanol–water partition coefficient (Wildman–Crippen LogP) is 4.98. The Labute approximate surface area is 136 Å². The lowest BCUT2D eigenvalue weighted by molar-refractivity contribution is 0.476. The summed E-state index contributed by atoms with van der Waals surface area (Å²) in [5, 5.41) is 14.0. The van der Waals surface area contributed by atoms with Gasteiger partial charge in [-0.2, -0.15) is 0 Å². The smallest absolute Gasteiger partial charge is 0.131 e. The molecule has 0 aliphatic heterocycles. The van der Waals surface area contributed by atoms with Crippen LogP contribution in [-0.2, 0) is 6.42 Å². The zero-order valence-corrected chi connectivity index (χ0v) is 13.4. The molecule has 4 heteroatoms. The molecule has 3 rings (SSSR count). The van der Waals surface area contributed by atoms with Gasteiger partial charge in [-0.3, -0.25) is 0 Å². The Kier molecular flexibility index (Phi) is 4.88. The first-order valence-corrected chi connectivity index (χ1v) is 7.12. The molecule has 0 saturated heterocycles. The van der Waals surface area contributed by atoms with Crippen molar-refractivity contribution in [3.63, 3.8) is 0 Å². The molecular weight excluding hydrogens is 296 g/mol. The van der Waals surface area contributed by atoms with Gasteiger partial charge in [0.1, 0.15) is 11.6 Å². The van der Waals surface area contributed by atoms with E-state index in [9.17, 15) is 5.11 Å². The minimum atomic E-state index is 0. The van der Waals surface area contributed by atoms with Crippen molar-refractivity contribution in [1.29, 1.82) is 0 Å². The van der Waals surface area contributed by atoms with Crippen LogP contribution in [-0.4, -0.2) is 10.1 Å². The number of benzene rings is 2. The third-order valence-electron chi connectivity index (χ3n) is 3.63. The van der Waals surface area contributed by atoms with Crippen molar-refractivity contribution in [2.45, 2.75) is 20.3 Å². The van der Waals surface area contributed by atoms with Gasteiger partial charge in [0.2, 0.25) is 0 Å². The zero-order chi connectivity index (χ0) is 14.8. The van der Waals surface area contributed by atoms with Crippen molar-refractivity contribution in [3.05, 3.63) is 59.7 Å². The summed E-state index contributed by atoms with van der Waals surface area (Å²) in [5.74, 6) is 1.02. The van der Waals surface area contributed by atoms with Crippen LogP contribution in [0.1, 0.15) is 18.1 Å². The molecule has 0 aliphatic carbocycles. The van der Waals surface area contributed by atoms with Crippen molar-refractivity contribution in [3.8, 4) is 5.75 Å². The normalized spacial score (nSPS) is 10.3. The Hall–Kier alpha value is -2.26. The van der Waals surface area contributed by atoms with Crippen molar-refractivity contribution < 1.29 is 5.11 Å². The fourth-order valence-corrected chi connectivity index (χ4v) is 2.43. The van der Waals surface area contributed by atoms with Gasteiger partial charge in [0.25, 0.3) is 0 Å². The van der Waals surface area contributed by atoms with Gasteiger partial charge in [-0.15, -0.1) is 12.4 Å². The maximum absolute atomic E-state index is 9.60. The summed E-state index contributed by atoms with van der Waals surface area (Å²) >= 11 is 0. The van der Waals surface area contributed by atoms with E-state index in [0.29, 0.717) is 0 Å². The number of phenols is 1. The number of rotatable bonds is 3. The van der Waals surface area contributed by atoms with Gasteiger partial charge >= 0.3 is 0 Å². The predicted molar refractivity (Wildman–Crippen MR) is 94.5 cm³/mol. The molecule has 0 aliphatic rings. The number of fused-ring (bicyclic) bond motifs is 1. The van der Waals surface area contributed by atoms with Crippen LogP contribution < -0.4 is 5.32 Å². The lowest BCUT2D eigenvalue weighted by Crippen LogP contribution is -1.95. The maximum atomic E-state index is 9.60. The maximum Gasteiger partial charge on any atom is 0.131 e. The number of aromatic nitrogens is 1. The number of halogens is 1. The van der Waals surface area contributed by atoms with Crippen LogP contribution in [0.5, 0.6) is 5.75 Å². The van der Waals surface area contributed by atoms with E-state index < -0.39 is 0 Å². The van der Waals surface area contributed by atoms with Gasteiger partial charge in [0.15, 0.2) is 0 Å².